The number of amides is 1. The van der Waals surface area contributed by atoms with E-state index < -0.39 is 0 Å². The van der Waals surface area contributed by atoms with E-state index in [-0.39, 0.29) is 0 Å². The van der Waals surface area contributed by atoms with E-state index in [1.807, 2.05) is 0 Å². The lowest BCUT2D eigenvalue weighted by Crippen LogP contribution is -2.62. The van der Waals surface area contributed by atoms with Gasteiger partial charge < -0.3 is 9.64 Å². The molecule has 3 saturated carbocycles. The van der Waals surface area contributed by atoms with E-state index in [1.54, 1.807) is 0 Å². The van der Waals surface area contributed by atoms with Gasteiger partial charge in [-0.3, -0.25) is 4.79 Å². The van der Waals surface area contributed by atoms with E-state index in [0.717, 1.165) is 37.2 Å². The van der Waals surface area contributed by atoms with Crippen molar-refractivity contribution in [2.75, 3.05) is 7.05 Å². The van der Waals surface area contributed by atoms with E-state index >= 15 is 0 Å². The summed E-state index contributed by atoms with van der Waals surface area (Å²) in [6, 6.07) is 11.1. The zero-order chi connectivity index (χ0) is 21.1. The van der Waals surface area contributed by atoms with Crippen molar-refractivity contribution in [3.8, 4) is 0 Å². The topological polar surface area (TPSA) is 29.5 Å². The van der Waals surface area contributed by atoms with Crippen LogP contribution in [0.2, 0.25) is 0 Å². The predicted molar refractivity (Wildman–Crippen MR) is 120 cm³/mol. The van der Waals surface area contributed by atoms with Crippen LogP contribution in [0.15, 0.2) is 30.3 Å². The SMILES string of the molecule is C[C@H]1C[C@H]2N(C)C(=O)CC[C@]2(C)[C@H]2CC[C@]3(C)C[C@@H](OCc4ccccc4)C[C@H]3C12. The van der Waals surface area contributed by atoms with Crippen molar-refractivity contribution in [2.45, 2.75) is 84.5 Å². The van der Waals surface area contributed by atoms with Crippen molar-refractivity contribution in [1.29, 1.82) is 0 Å². The monoisotopic (exact) mass is 409 g/mol. The molecule has 4 fully saturated rings. The Bertz CT molecular complexity index is 793. The van der Waals surface area contributed by atoms with E-state index in [4.69, 9.17) is 4.74 Å². The Kier molecular flexibility index (Phi) is 5.04. The molecule has 8 atom stereocenters. The molecule has 1 unspecified atom stereocenters. The normalized spacial score (nSPS) is 45.6. The Labute approximate surface area is 182 Å². The van der Waals surface area contributed by atoms with E-state index in [2.05, 4.69) is 63.1 Å². The molecule has 0 N–H and O–H groups in total. The van der Waals surface area contributed by atoms with Crippen molar-refractivity contribution in [2.24, 2.45) is 34.5 Å². The highest BCUT2D eigenvalue weighted by molar-refractivity contribution is 5.77. The largest absolute Gasteiger partial charge is 0.374 e. The molecule has 0 bridgehead atoms. The first-order valence-corrected chi connectivity index (χ1v) is 12.2. The van der Waals surface area contributed by atoms with E-state index in [1.165, 1.54) is 37.7 Å². The average molecular weight is 410 g/mol. The molecule has 1 heterocycles. The first-order valence-electron chi connectivity index (χ1n) is 12.2. The van der Waals surface area contributed by atoms with Gasteiger partial charge in [0.2, 0.25) is 5.91 Å². The number of hydrogen-bond donors (Lipinski definition) is 0. The average Bonchev–Trinajstić information content (AvgIpc) is 3.08. The number of ether oxygens (including phenoxy) is 1. The zero-order valence-electron chi connectivity index (χ0n) is 19.3. The standard InChI is InChI=1S/C27H39NO2/c1-18-14-23-27(3,13-11-24(29)28(23)4)21-10-12-26(2)16-20(15-22(26)25(18)21)30-17-19-8-6-5-7-9-19/h5-9,18,20-23,25H,10-17H2,1-4H3/t18-,20-,21-,22-,23+,25?,26+,27+/m0/s1. The number of rotatable bonds is 3. The highest BCUT2D eigenvalue weighted by Gasteiger charge is 2.62. The van der Waals surface area contributed by atoms with Gasteiger partial charge in [0.25, 0.3) is 0 Å². The van der Waals surface area contributed by atoms with Crippen LogP contribution in [0, 0.1) is 34.5 Å². The van der Waals surface area contributed by atoms with Crippen LogP contribution >= 0.6 is 0 Å². The summed E-state index contributed by atoms with van der Waals surface area (Å²) in [5.74, 6) is 3.37. The number of benzene rings is 1. The molecular weight excluding hydrogens is 370 g/mol. The molecule has 0 spiro atoms. The van der Waals surface area contributed by atoms with E-state index in [9.17, 15) is 4.79 Å². The smallest absolute Gasteiger partial charge is 0.222 e. The summed E-state index contributed by atoms with van der Waals surface area (Å²) in [5, 5.41) is 0. The molecule has 0 radical (unpaired) electrons. The first kappa shape index (κ1) is 20.5. The maximum Gasteiger partial charge on any atom is 0.222 e. The molecule has 3 heteroatoms. The summed E-state index contributed by atoms with van der Waals surface area (Å²) in [6.45, 7) is 8.29. The molecule has 1 aliphatic heterocycles. The lowest BCUT2D eigenvalue weighted by Gasteiger charge is -2.63. The fraction of sp³-hybridized carbons (Fsp3) is 0.741. The highest BCUT2D eigenvalue weighted by atomic mass is 16.5. The molecule has 1 amide bonds. The minimum atomic E-state index is 0.296. The molecule has 30 heavy (non-hydrogen) atoms. The van der Waals surface area contributed by atoms with Gasteiger partial charge in [-0.25, -0.2) is 0 Å². The molecule has 164 valence electrons. The second-order valence-corrected chi connectivity index (χ2v) is 11.6. The molecule has 1 saturated heterocycles. The van der Waals surface area contributed by atoms with Crippen molar-refractivity contribution in [3.05, 3.63) is 35.9 Å². The number of carbonyl (C=O) groups is 1. The number of piperidine rings is 1. The van der Waals surface area contributed by atoms with Gasteiger partial charge in [0.05, 0.1) is 12.7 Å². The summed E-state index contributed by atoms with van der Waals surface area (Å²) in [7, 11) is 2.06. The van der Waals surface area contributed by atoms with Crippen LogP contribution in [0.1, 0.15) is 71.3 Å². The van der Waals surface area contributed by atoms with Crippen molar-refractivity contribution in [3.63, 3.8) is 0 Å². The van der Waals surface area contributed by atoms with Crippen LogP contribution in [0.5, 0.6) is 0 Å². The van der Waals surface area contributed by atoms with Gasteiger partial charge >= 0.3 is 0 Å². The number of fused-ring (bicyclic) bond motifs is 5. The van der Waals surface area contributed by atoms with Gasteiger partial charge in [-0.1, -0.05) is 51.1 Å². The second kappa shape index (κ2) is 7.36. The molecule has 3 aliphatic carbocycles. The lowest BCUT2D eigenvalue weighted by molar-refractivity contribution is -0.164. The van der Waals surface area contributed by atoms with Crippen LogP contribution in [-0.2, 0) is 16.1 Å². The van der Waals surface area contributed by atoms with Gasteiger partial charge in [0, 0.05) is 19.5 Å². The molecule has 0 aromatic heterocycles. The maximum absolute atomic E-state index is 12.4. The molecule has 3 nitrogen and oxygen atoms in total. The zero-order valence-corrected chi connectivity index (χ0v) is 19.3. The number of likely N-dealkylation sites (tertiary alicyclic amines) is 1. The number of carbonyl (C=O) groups excluding carboxylic acids is 1. The summed E-state index contributed by atoms with van der Waals surface area (Å²) in [5.41, 5.74) is 2.01. The fourth-order valence-corrected chi connectivity index (χ4v) is 8.37. The minimum Gasteiger partial charge on any atom is -0.374 e. The minimum absolute atomic E-state index is 0.296. The molecule has 4 aliphatic rings. The third-order valence-electron chi connectivity index (χ3n) is 9.99. The van der Waals surface area contributed by atoms with Gasteiger partial charge in [-0.15, -0.1) is 0 Å². The first-order chi connectivity index (χ1) is 14.3. The van der Waals surface area contributed by atoms with Crippen LogP contribution in [-0.4, -0.2) is 30.0 Å². The Balaban J connectivity index is 1.35. The van der Waals surface area contributed by atoms with Gasteiger partial charge in [-0.2, -0.15) is 0 Å². The Morgan fingerprint density at radius 1 is 1.10 bits per heavy atom. The van der Waals surface area contributed by atoms with Crippen molar-refractivity contribution < 1.29 is 9.53 Å². The highest BCUT2D eigenvalue weighted by Crippen LogP contribution is 2.66. The molecular formula is C27H39NO2. The van der Waals surface area contributed by atoms with Crippen molar-refractivity contribution >= 4 is 5.91 Å². The van der Waals surface area contributed by atoms with Crippen LogP contribution in [0.25, 0.3) is 0 Å². The van der Waals surface area contributed by atoms with E-state index in [0.29, 0.717) is 34.8 Å². The third-order valence-corrected chi connectivity index (χ3v) is 9.99. The quantitative estimate of drug-likeness (QED) is 0.643. The van der Waals surface area contributed by atoms with Gasteiger partial charge in [0.1, 0.15) is 0 Å². The Hall–Kier alpha value is -1.35. The molecule has 1 aromatic carbocycles. The summed E-state index contributed by atoms with van der Waals surface area (Å²) >= 11 is 0. The molecule has 5 rings (SSSR count). The van der Waals surface area contributed by atoms with Gasteiger partial charge in [0.15, 0.2) is 0 Å². The van der Waals surface area contributed by atoms with Crippen LogP contribution in [0.4, 0.5) is 0 Å². The maximum atomic E-state index is 12.4. The molecule has 1 aromatic rings. The van der Waals surface area contributed by atoms with Crippen molar-refractivity contribution in [1.82, 2.24) is 4.90 Å². The van der Waals surface area contributed by atoms with Crippen LogP contribution in [0.3, 0.4) is 0 Å². The number of hydrogen-bond acceptors (Lipinski definition) is 2. The summed E-state index contributed by atoms with van der Waals surface area (Å²) < 4.78 is 6.47. The number of nitrogens with zero attached hydrogens (tertiary/aromatic N) is 1. The second-order valence-electron chi connectivity index (χ2n) is 11.6. The van der Waals surface area contributed by atoms with Gasteiger partial charge in [-0.05, 0) is 78.6 Å². The lowest BCUT2D eigenvalue weighted by atomic mass is 9.45. The Morgan fingerprint density at radius 3 is 2.63 bits per heavy atom. The predicted octanol–water partition coefficient (Wildman–Crippen LogP) is 5.68. The Morgan fingerprint density at radius 2 is 1.87 bits per heavy atom. The fourth-order valence-electron chi connectivity index (χ4n) is 8.37. The summed E-state index contributed by atoms with van der Waals surface area (Å²) in [6.07, 6.45) is 8.52. The third kappa shape index (κ3) is 3.15. The summed E-state index contributed by atoms with van der Waals surface area (Å²) in [4.78, 5) is 14.5. The van der Waals surface area contributed by atoms with Crippen LogP contribution < -0.4 is 0 Å².